The molecule has 0 saturated carbocycles. The summed E-state index contributed by atoms with van der Waals surface area (Å²) in [5, 5.41) is 0. The molecule has 1 aliphatic heterocycles. The van der Waals surface area contributed by atoms with E-state index in [-0.39, 0.29) is 17.7 Å². The Balaban J connectivity index is 1.54. The number of aromatic nitrogens is 3. The van der Waals surface area contributed by atoms with Gasteiger partial charge in [0.2, 0.25) is 11.9 Å². The summed E-state index contributed by atoms with van der Waals surface area (Å²) in [6.45, 7) is 1.35. The van der Waals surface area contributed by atoms with Crippen LogP contribution in [0.25, 0.3) is 0 Å². The van der Waals surface area contributed by atoms with E-state index in [1.807, 2.05) is 4.90 Å². The Kier molecular flexibility index (Phi) is 4.95. The van der Waals surface area contributed by atoms with Crippen LogP contribution in [0.4, 0.5) is 5.95 Å². The minimum Gasteiger partial charge on any atom is -0.340 e. The Hall–Kier alpha value is -3.03. The monoisotopic (exact) mass is 326 g/mol. The Morgan fingerprint density at radius 3 is 2.58 bits per heavy atom. The molecule has 8 heteroatoms. The van der Waals surface area contributed by atoms with Gasteiger partial charge in [-0.15, -0.1) is 0 Å². The summed E-state index contributed by atoms with van der Waals surface area (Å²) in [7, 11) is 0. The fourth-order valence-corrected chi connectivity index (χ4v) is 2.62. The molecule has 1 aliphatic rings. The third-order valence-corrected chi connectivity index (χ3v) is 3.87. The van der Waals surface area contributed by atoms with Gasteiger partial charge in [0.05, 0.1) is 5.92 Å². The summed E-state index contributed by atoms with van der Waals surface area (Å²) in [4.78, 5) is 38.5. The highest BCUT2D eigenvalue weighted by molar-refractivity contribution is 5.95. The average Bonchev–Trinajstić information content (AvgIpc) is 2.67. The fraction of sp³-hybridized carbons (Fsp3) is 0.312. The number of carbonyl (C=O) groups is 2. The smallest absolute Gasteiger partial charge is 0.269 e. The molecule has 0 spiro atoms. The summed E-state index contributed by atoms with van der Waals surface area (Å²) in [5.41, 5.74) is 5.37. The molecule has 3 heterocycles. The van der Waals surface area contributed by atoms with Gasteiger partial charge in [-0.2, -0.15) is 0 Å². The standard InChI is InChI=1S/C16H18N6O2/c23-14(12-4-8-17-9-5-12)20-21-15(24)13-3-1-10-22(11-13)16-18-6-2-7-19-16/h2,4-9,13H,1,3,10-11H2,(H,20,23)(H,21,24)/t13-/m1/s1. The van der Waals surface area contributed by atoms with Crippen LogP contribution in [0.15, 0.2) is 43.0 Å². The van der Waals surface area contributed by atoms with Gasteiger partial charge in [0.1, 0.15) is 0 Å². The highest BCUT2D eigenvalue weighted by Crippen LogP contribution is 2.19. The molecule has 8 nitrogen and oxygen atoms in total. The summed E-state index contributed by atoms with van der Waals surface area (Å²) >= 11 is 0. The van der Waals surface area contributed by atoms with Gasteiger partial charge < -0.3 is 4.90 Å². The van der Waals surface area contributed by atoms with Crippen molar-refractivity contribution >= 4 is 17.8 Å². The molecule has 2 amide bonds. The lowest BCUT2D eigenvalue weighted by Crippen LogP contribution is -2.49. The second kappa shape index (κ2) is 7.49. The molecule has 1 fully saturated rings. The van der Waals surface area contributed by atoms with Crippen molar-refractivity contribution in [3.63, 3.8) is 0 Å². The molecule has 2 N–H and O–H groups in total. The first kappa shape index (κ1) is 15.9. The third kappa shape index (κ3) is 3.83. The van der Waals surface area contributed by atoms with E-state index in [1.54, 1.807) is 30.6 Å². The number of nitrogens with one attached hydrogen (secondary N) is 2. The third-order valence-electron chi connectivity index (χ3n) is 3.87. The summed E-state index contributed by atoms with van der Waals surface area (Å²) < 4.78 is 0. The second-order valence-electron chi connectivity index (χ2n) is 5.51. The molecule has 3 rings (SSSR count). The van der Waals surface area contributed by atoms with Crippen LogP contribution in [0.2, 0.25) is 0 Å². The fourth-order valence-electron chi connectivity index (χ4n) is 2.62. The van der Waals surface area contributed by atoms with Crippen LogP contribution in [0.3, 0.4) is 0 Å². The Morgan fingerprint density at radius 2 is 1.83 bits per heavy atom. The van der Waals surface area contributed by atoms with Crippen molar-refractivity contribution in [3.8, 4) is 0 Å². The molecule has 1 atom stereocenters. The van der Waals surface area contributed by atoms with Gasteiger partial charge in [0.15, 0.2) is 0 Å². The maximum atomic E-state index is 12.3. The Morgan fingerprint density at radius 1 is 1.08 bits per heavy atom. The molecule has 124 valence electrons. The van der Waals surface area contributed by atoms with E-state index in [0.717, 1.165) is 19.4 Å². The van der Waals surface area contributed by atoms with Crippen molar-refractivity contribution in [1.82, 2.24) is 25.8 Å². The minimum atomic E-state index is -0.371. The van der Waals surface area contributed by atoms with Gasteiger partial charge >= 0.3 is 0 Å². The number of nitrogens with zero attached hydrogens (tertiary/aromatic N) is 4. The first-order chi connectivity index (χ1) is 11.7. The number of hydrazine groups is 1. The molecule has 2 aromatic heterocycles. The molecular formula is C16H18N6O2. The molecule has 0 bridgehead atoms. The molecule has 0 radical (unpaired) electrons. The molecule has 24 heavy (non-hydrogen) atoms. The van der Waals surface area contributed by atoms with Gasteiger partial charge in [-0.25, -0.2) is 9.97 Å². The highest BCUT2D eigenvalue weighted by atomic mass is 16.2. The van der Waals surface area contributed by atoms with E-state index in [2.05, 4.69) is 25.8 Å². The van der Waals surface area contributed by atoms with Crippen molar-refractivity contribution in [2.75, 3.05) is 18.0 Å². The largest absolute Gasteiger partial charge is 0.340 e. The van der Waals surface area contributed by atoms with Crippen molar-refractivity contribution in [1.29, 1.82) is 0 Å². The van der Waals surface area contributed by atoms with Crippen LogP contribution in [-0.2, 0) is 4.79 Å². The lowest BCUT2D eigenvalue weighted by Gasteiger charge is -2.31. The van der Waals surface area contributed by atoms with Gasteiger partial charge in [0.25, 0.3) is 5.91 Å². The summed E-state index contributed by atoms with van der Waals surface area (Å²) in [6.07, 6.45) is 8.04. The number of pyridine rings is 1. The Bertz CT molecular complexity index is 694. The number of anilines is 1. The minimum absolute atomic E-state index is 0.210. The predicted molar refractivity (Wildman–Crippen MR) is 86.8 cm³/mol. The topological polar surface area (TPSA) is 100 Å². The number of hydrogen-bond donors (Lipinski definition) is 2. The predicted octanol–water partition coefficient (Wildman–Crippen LogP) is 0.549. The van der Waals surface area contributed by atoms with Gasteiger partial charge in [0, 0.05) is 43.4 Å². The Labute approximate surface area is 139 Å². The SMILES string of the molecule is O=C(NNC(=O)[C@@H]1CCCN(c2ncccn2)C1)c1ccncc1. The molecular weight excluding hydrogens is 308 g/mol. The quantitative estimate of drug-likeness (QED) is 0.799. The van der Waals surface area contributed by atoms with Crippen LogP contribution in [0.1, 0.15) is 23.2 Å². The molecule has 0 aromatic carbocycles. The number of rotatable bonds is 3. The van der Waals surface area contributed by atoms with E-state index >= 15 is 0 Å². The molecule has 0 unspecified atom stereocenters. The molecule has 2 aromatic rings. The van der Waals surface area contributed by atoms with E-state index in [4.69, 9.17) is 0 Å². The van der Waals surface area contributed by atoms with Crippen LogP contribution in [0.5, 0.6) is 0 Å². The maximum Gasteiger partial charge on any atom is 0.269 e. The first-order valence-corrected chi connectivity index (χ1v) is 7.76. The van der Waals surface area contributed by atoms with Gasteiger partial charge in [-0.05, 0) is 31.0 Å². The number of hydrogen-bond acceptors (Lipinski definition) is 6. The van der Waals surface area contributed by atoms with Crippen LogP contribution < -0.4 is 15.8 Å². The van der Waals surface area contributed by atoms with Crippen LogP contribution in [0, 0.1) is 5.92 Å². The van der Waals surface area contributed by atoms with Crippen molar-refractivity contribution in [3.05, 3.63) is 48.5 Å². The van der Waals surface area contributed by atoms with Crippen LogP contribution in [-0.4, -0.2) is 39.9 Å². The van der Waals surface area contributed by atoms with E-state index < -0.39 is 0 Å². The second-order valence-corrected chi connectivity index (χ2v) is 5.51. The molecule has 1 saturated heterocycles. The maximum absolute atomic E-state index is 12.3. The lowest BCUT2D eigenvalue weighted by molar-refractivity contribution is -0.126. The zero-order valence-electron chi connectivity index (χ0n) is 13.1. The number of carbonyl (C=O) groups excluding carboxylic acids is 2. The number of piperidine rings is 1. The van der Waals surface area contributed by atoms with E-state index in [0.29, 0.717) is 18.1 Å². The summed E-state index contributed by atoms with van der Waals surface area (Å²) in [6, 6.07) is 4.92. The van der Waals surface area contributed by atoms with Crippen molar-refractivity contribution < 1.29 is 9.59 Å². The van der Waals surface area contributed by atoms with Crippen molar-refractivity contribution in [2.24, 2.45) is 5.92 Å². The lowest BCUT2D eigenvalue weighted by atomic mass is 9.98. The van der Waals surface area contributed by atoms with E-state index in [1.165, 1.54) is 12.4 Å². The van der Waals surface area contributed by atoms with Gasteiger partial charge in [-0.3, -0.25) is 25.4 Å². The molecule has 0 aliphatic carbocycles. The zero-order chi connectivity index (χ0) is 16.8. The average molecular weight is 326 g/mol. The summed E-state index contributed by atoms with van der Waals surface area (Å²) in [5.74, 6) is -0.182. The number of amides is 2. The van der Waals surface area contributed by atoms with Gasteiger partial charge in [-0.1, -0.05) is 0 Å². The normalized spacial score (nSPS) is 17.2. The zero-order valence-corrected chi connectivity index (χ0v) is 13.1. The first-order valence-electron chi connectivity index (χ1n) is 7.76. The highest BCUT2D eigenvalue weighted by Gasteiger charge is 2.27. The van der Waals surface area contributed by atoms with Crippen molar-refractivity contribution in [2.45, 2.75) is 12.8 Å². The van der Waals surface area contributed by atoms with Crippen LogP contribution >= 0.6 is 0 Å². The van der Waals surface area contributed by atoms with E-state index in [9.17, 15) is 9.59 Å².